The summed E-state index contributed by atoms with van der Waals surface area (Å²) in [6, 6.07) is 12.4. The Morgan fingerprint density at radius 3 is 2.60 bits per heavy atom. The summed E-state index contributed by atoms with van der Waals surface area (Å²) < 4.78 is 5.78. The van der Waals surface area contributed by atoms with Gasteiger partial charge in [0, 0.05) is 5.56 Å². The topological polar surface area (TPSA) is 53.2 Å². The highest BCUT2D eigenvalue weighted by molar-refractivity contribution is 6.32. The molecule has 20 heavy (non-hydrogen) atoms. The van der Waals surface area contributed by atoms with Gasteiger partial charge in [-0.2, -0.15) is 5.26 Å². The summed E-state index contributed by atoms with van der Waals surface area (Å²) in [5, 5.41) is 19.2. The third kappa shape index (κ3) is 3.11. The highest BCUT2D eigenvalue weighted by Gasteiger charge is 2.12. The van der Waals surface area contributed by atoms with E-state index in [0.717, 1.165) is 5.56 Å². The Hall–Kier alpha value is -2.02. The molecule has 0 aromatic heterocycles. The first-order valence-electron chi connectivity index (χ1n) is 6.17. The molecule has 102 valence electrons. The molecule has 0 bridgehead atoms. The van der Waals surface area contributed by atoms with E-state index in [1.807, 2.05) is 19.1 Å². The zero-order valence-electron chi connectivity index (χ0n) is 11.2. The minimum Gasteiger partial charge on any atom is -0.455 e. The lowest BCUT2D eigenvalue weighted by atomic mass is 10.1. The molecule has 2 rings (SSSR count). The van der Waals surface area contributed by atoms with E-state index in [1.165, 1.54) is 0 Å². The van der Waals surface area contributed by atoms with Crippen molar-refractivity contribution in [3.63, 3.8) is 0 Å². The first-order valence-corrected chi connectivity index (χ1v) is 6.55. The fraction of sp³-hybridized carbons (Fsp3) is 0.188. The lowest BCUT2D eigenvalue weighted by Gasteiger charge is -2.14. The first kappa shape index (κ1) is 14.4. The summed E-state index contributed by atoms with van der Waals surface area (Å²) in [5.74, 6) is 0.940. The van der Waals surface area contributed by atoms with E-state index in [-0.39, 0.29) is 0 Å². The Morgan fingerprint density at radius 2 is 1.95 bits per heavy atom. The summed E-state index contributed by atoms with van der Waals surface area (Å²) >= 11 is 6.10. The van der Waals surface area contributed by atoms with Gasteiger partial charge in [0.05, 0.1) is 22.8 Å². The molecule has 0 heterocycles. The molecule has 3 nitrogen and oxygen atoms in total. The molecule has 0 saturated heterocycles. The fourth-order valence-electron chi connectivity index (χ4n) is 1.84. The van der Waals surface area contributed by atoms with Crippen LogP contribution in [0.2, 0.25) is 5.02 Å². The van der Waals surface area contributed by atoms with Crippen molar-refractivity contribution >= 4 is 11.6 Å². The van der Waals surface area contributed by atoms with Gasteiger partial charge in [0.25, 0.3) is 0 Å². The Kier molecular flexibility index (Phi) is 4.29. The lowest BCUT2D eigenvalue weighted by Crippen LogP contribution is -1.97. The summed E-state index contributed by atoms with van der Waals surface area (Å²) in [7, 11) is 0. The molecule has 4 heteroatoms. The molecule has 0 aliphatic heterocycles. The van der Waals surface area contributed by atoms with E-state index in [0.29, 0.717) is 27.6 Å². The number of hydrogen-bond acceptors (Lipinski definition) is 3. The van der Waals surface area contributed by atoms with Crippen LogP contribution in [0.4, 0.5) is 0 Å². The van der Waals surface area contributed by atoms with Crippen LogP contribution in [0.15, 0.2) is 36.4 Å². The van der Waals surface area contributed by atoms with Crippen molar-refractivity contribution in [2.45, 2.75) is 20.0 Å². The molecule has 0 unspecified atom stereocenters. The van der Waals surface area contributed by atoms with Gasteiger partial charge in [-0.3, -0.25) is 0 Å². The highest BCUT2D eigenvalue weighted by atomic mass is 35.5. The van der Waals surface area contributed by atoms with Crippen molar-refractivity contribution in [2.75, 3.05) is 0 Å². The number of benzene rings is 2. The predicted octanol–water partition coefficient (Wildman–Crippen LogP) is 4.37. The summed E-state index contributed by atoms with van der Waals surface area (Å²) in [6.07, 6.45) is -0.693. The average Bonchev–Trinajstić information content (AvgIpc) is 2.42. The summed E-state index contributed by atoms with van der Waals surface area (Å²) in [6.45, 7) is 3.58. The number of halogens is 1. The van der Waals surface area contributed by atoms with Crippen molar-refractivity contribution in [2.24, 2.45) is 0 Å². The van der Waals surface area contributed by atoms with Crippen molar-refractivity contribution in [3.8, 4) is 17.6 Å². The van der Waals surface area contributed by atoms with E-state index >= 15 is 0 Å². The molecule has 1 N–H and O–H groups in total. The average molecular weight is 288 g/mol. The monoisotopic (exact) mass is 287 g/mol. The molecule has 0 spiro atoms. The zero-order chi connectivity index (χ0) is 14.7. The van der Waals surface area contributed by atoms with E-state index in [1.54, 1.807) is 31.2 Å². The Bertz CT molecular complexity index is 675. The maximum absolute atomic E-state index is 9.77. The van der Waals surface area contributed by atoms with Crippen LogP contribution in [0.1, 0.15) is 29.7 Å². The molecule has 0 aliphatic carbocycles. The van der Waals surface area contributed by atoms with Crippen molar-refractivity contribution in [1.82, 2.24) is 0 Å². The third-order valence-corrected chi connectivity index (χ3v) is 3.21. The van der Waals surface area contributed by atoms with Crippen LogP contribution in [0, 0.1) is 18.3 Å². The van der Waals surface area contributed by atoms with Crippen LogP contribution in [0.3, 0.4) is 0 Å². The van der Waals surface area contributed by atoms with Crippen LogP contribution >= 0.6 is 11.6 Å². The second kappa shape index (κ2) is 5.96. The second-order valence-electron chi connectivity index (χ2n) is 4.58. The van der Waals surface area contributed by atoms with Gasteiger partial charge in [0.2, 0.25) is 0 Å². The zero-order valence-corrected chi connectivity index (χ0v) is 12.0. The molecular weight excluding hydrogens is 274 g/mol. The summed E-state index contributed by atoms with van der Waals surface area (Å²) in [4.78, 5) is 0. The minimum absolute atomic E-state index is 0.437. The van der Waals surface area contributed by atoms with E-state index < -0.39 is 6.10 Å². The smallest absolute Gasteiger partial charge is 0.146 e. The molecule has 2 aromatic rings. The van der Waals surface area contributed by atoms with E-state index in [4.69, 9.17) is 21.6 Å². The molecule has 0 saturated carbocycles. The molecule has 0 fully saturated rings. The van der Waals surface area contributed by atoms with Gasteiger partial charge < -0.3 is 9.84 Å². The van der Waals surface area contributed by atoms with Gasteiger partial charge in [-0.1, -0.05) is 23.7 Å². The maximum atomic E-state index is 9.77. The number of rotatable bonds is 3. The number of ether oxygens (including phenoxy) is 1. The maximum Gasteiger partial charge on any atom is 0.146 e. The highest BCUT2D eigenvalue weighted by Crippen LogP contribution is 2.34. The number of aliphatic hydroxyl groups is 1. The molecule has 1 atom stereocenters. The molecular formula is C16H14ClNO2. The van der Waals surface area contributed by atoms with Gasteiger partial charge >= 0.3 is 0 Å². The van der Waals surface area contributed by atoms with Gasteiger partial charge in [-0.25, -0.2) is 0 Å². The number of aliphatic hydroxyl groups excluding tert-OH is 1. The van der Waals surface area contributed by atoms with Crippen LogP contribution in [0.5, 0.6) is 11.5 Å². The number of aryl methyl sites for hydroxylation is 1. The lowest BCUT2D eigenvalue weighted by molar-refractivity contribution is 0.195. The quantitative estimate of drug-likeness (QED) is 0.912. The van der Waals surface area contributed by atoms with Gasteiger partial charge in [-0.05, 0) is 43.7 Å². The van der Waals surface area contributed by atoms with Crippen molar-refractivity contribution in [3.05, 3.63) is 58.1 Å². The van der Waals surface area contributed by atoms with Crippen LogP contribution in [-0.2, 0) is 0 Å². The minimum atomic E-state index is -0.693. The molecule has 0 amide bonds. The molecule has 0 aliphatic rings. The standard InChI is InChI=1S/C16H14ClNO2/c1-10-3-6-14(17)16(7-10)20-15-8-12(9-18)4-5-13(15)11(2)19/h3-8,11,19H,1-2H3/t11-/m1/s1. The van der Waals surface area contributed by atoms with E-state index in [9.17, 15) is 5.11 Å². The van der Waals surface area contributed by atoms with Crippen molar-refractivity contribution < 1.29 is 9.84 Å². The number of nitrogens with zero attached hydrogens (tertiary/aromatic N) is 1. The van der Waals surface area contributed by atoms with Gasteiger partial charge in [-0.15, -0.1) is 0 Å². The number of nitriles is 1. The fourth-order valence-corrected chi connectivity index (χ4v) is 2.00. The van der Waals surface area contributed by atoms with Crippen LogP contribution in [-0.4, -0.2) is 5.11 Å². The summed E-state index contributed by atoms with van der Waals surface area (Å²) in [5.41, 5.74) is 2.09. The Labute approximate surface area is 123 Å². The normalized spacial score (nSPS) is 11.8. The van der Waals surface area contributed by atoms with E-state index in [2.05, 4.69) is 6.07 Å². The van der Waals surface area contributed by atoms with Crippen molar-refractivity contribution in [1.29, 1.82) is 5.26 Å². The molecule has 0 radical (unpaired) electrons. The molecule has 2 aromatic carbocycles. The largest absolute Gasteiger partial charge is 0.455 e. The first-order chi connectivity index (χ1) is 9.51. The van der Waals surface area contributed by atoms with Gasteiger partial charge in [0.15, 0.2) is 0 Å². The second-order valence-corrected chi connectivity index (χ2v) is 4.98. The Balaban J connectivity index is 2.46. The Morgan fingerprint density at radius 1 is 1.20 bits per heavy atom. The van der Waals surface area contributed by atoms with Gasteiger partial charge in [0.1, 0.15) is 11.5 Å². The SMILES string of the molecule is Cc1ccc(Cl)c(Oc2cc(C#N)ccc2[C@@H](C)O)c1. The third-order valence-electron chi connectivity index (χ3n) is 2.90. The van der Waals surface area contributed by atoms with Crippen LogP contribution < -0.4 is 4.74 Å². The van der Waals surface area contributed by atoms with Crippen LogP contribution in [0.25, 0.3) is 0 Å². The number of hydrogen-bond donors (Lipinski definition) is 1. The predicted molar refractivity (Wildman–Crippen MR) is 78.1 cm³/mol.